The van der Waals surface area contributed by atoms with E-state index in [1.54, 1.807) is 12.1 Å². The van der Waals surface area contributed by atoms with Crippen molar-refractivity contribution < 1.29 is 4.39 Å². The van der Waals surface area contributed by atoms with E-state index in [9.17, 15) is 4.39 Å². The second-order valence-electron chi connectivity index (χ2n) is 4.47. The molecular weight excluding hydrogens is 263 g/mol. The van der Waals surface area contributed by atoms with Crippen LogP contribution in [0.5, 0.6) is 0 Å². The molecular formula is C15H12ClFN2. The Morgan fingerprint density at radius 1 is 1.21 bits per heavy atom. The molecule has 0 aliphatic rings. The first-order valence-electron chi connectivity index (χ1n) is 6.01. The quantitative estimate of drug-likeness (QED) is 0.685. The lowest BCUT2D eigenvalue weighted by Gasteiger charge is -2.08. The number of rotatable bonds is 2. The Kier molecular flexibility index (Phi) is 2.99. The van der Waals surface area contributed by atoms with Crippen LogP contribution in [0.25, 0.3) is 11.0 Å². The van der Waals surface area contributed by atoms with Crippen molar-refractivity contribution >= 4 is 22.6 Å². The van der Waals surface area contributed by atoms with Crippen molar-refractivity contribution in [3.05, 3.63) is 64.7 Å². The Balaban J connectivity index is 2.10. The topological polar surface area (TPSA) is 17.8 Å². The van der Waals surface area contributed by atoms with Crippen LogP contribution in [0, 0.1) is 12.7 Å². The molecule has 0 aliphatic heterocycles. The molecule has 0 aliphatic carbocycles. The lowest BCUT2D eigenvalue weighted by atomic mass is 10.2. The fraction of sp³-hybridized carbons (Fsp3) is 0.133. The summed E-state index contributed by atoms with van der Waals surface area (Å²) in [5, 5.41) is 0.540. The van der Waals surface area contributed by atoms with E-state index in [4.69, 9.17) is 11.6 Å². The summed E-state index contributed by atoms with van der Waals surface area (Å²) >= 11 is 5.92. The smallest absolute Gasteiger partial charge is 0.128 e. The fourth-order valence-electron chi connectivity index (χ4n) is 2.23. The number of aryl methyl sites for hydroxylation is 1. The predicted octanol–water partition coefficient (Wildman–Crippen LogP) is 4.19. The summed E-state index contributed by atoms with van der Waals surface area (Å²) in [7, 11) is 0. The lowest BCUT2D eigenvalue weighted by molar-refractivity contribution is 0.599. The molecule has 2 nitrogen and oxygen atoms in total. The molecule has 0 spiro atoms. The lowest BCUT2D eigenvalue weighted by Crippen LogP contribution is -2.04. The number of benzene rings is 2. The number of hydrogen-bond acceptors (Lipinski definition) is 1. The monoisotopic (exact) mass is 274 g/mol. The summed E-state index contributed by atoms with van der Waals surface area (Å²) in [6.45, 7) is 2.35. The van der Waals surface area contributed by atoms with Gasteiger partial charge >= 0.3 is 0 Å². The van der Waals surface area contributed by atoms with E-state index in [-0.39, 0.29) is 5.82 Å². The van der Waals surface area contributed by atoms with Crippen LogP contribution in [0.4, 0.5) is 4.39 Å². The van der Waals surface area contributed by atoms with Crippen LogP contribution < -0.4 is 0 Å². The van der Waals surface area contributed by atoms with E-state index in [0.717, 1.165) is 16.9 Å². The number of imidazole rings is 1. The Bertz CT molecular complexity index is 749. The molecule has 0 bridgehead atoms. The molecule has 0 radical (unpaired) electrons. The number of hydrogen-bond donors (Lipinski definition) is 0. The zero-order valence-corrected chi connectivity index (χ0v) is 11.2. The minimum absolute atomic E-state index is 0.249. The summed E-state index contributed by atoms with van der Waals surface area (Å²) < 4.78 is 15.8. The Morgan fingerprint density at radius 3 is 2.84 bits per heavy atom. The molecule has 2 aromatic carbocycles. The Hall–Kier alpha value is -1.87. The molecule has 3 rings (SSSR count). The van der Waals surface area contributed by atoms with Crippen LogP contribution >= 0.6 is 11.6 Å². The highest BCUT2D eigenvalue weighted by molar-refractivity contribution is 6.30. The first-order valence-corrected chi connectivity index (χ1v) is 6.39. The van der Waals surface area contributed by atoms with E-state index in [2.05, 4.69) is 4.98 Å². The SMILES string of the molecule is Cc1nc2ccccc2n1Cc1cc(Cl)ccc1F. The average molecular weight is 275 g/mol. The van der Waals surface area contributed by atoms with Crippen molar-refractivity contribution in [3.8, 4) is 0 Å². The van der Waals surface area contributed by atoms with Gasteiger partial charge in [-0.25, -0.2) is 9.37 Å². The molecule has 3 aromatic rings. The number of aromatic nitrogens is 2. The summed E-state index contributed by atoms with van der Waals surface area (Å²) in [6, 6.07) is 12.4. The number of halogens is 2. The molecule has 1 aromatic heterocycles. The van der Waals surface area contributed by atoms with Crippen molar-refractivity contribution in [2.75, 3.05) is 0 Å². The first-order chi connectivity index (χ1) is 9.15. The van der Waals surface area contributed by atoms with Gasteiger partial charge < -0.3 is 4.57 Å². The maximum absolute atomic E-state index is 13.8. The molecule has 0 unspecified atom stereocenters. The van der Waals surface area contributed by atoms with E-state index in [1.807, 2.05) is 35.8 Å². The summed E-state index contributed by atoms with van der Waals surface area (Å²) in [4.78, 5) is 4.47. The highest BCUT2D eigenvalue weighted by Gasteiger charge is 2.10. The van der Waals surface area contributed by atoms with Gasteiger partial charge in [-0.1, -0.05) is 23.7 Å². The minimum Gasteiger partial charge on any atom is -0.324 e. The molecule has 19 heavy (non-hydrogen) atoms. The second-order valence-corrected chi connectivity index (χ2v) is 4.91. The van der Waals surface area contributed by atoms with E-state index in [0.29, 0.717) is 17.1 Å². The van der Waals surface area contributed by atoms with Crippen molar-refractivity contribution in [1.29, 1.82) is 0 Å². The minimum atomic E-state index is -0.249. The van der Waals surface area contributed by atoms with Crippen molar-refractivity contribution in [2.45, 2.75) is 13.5 Å². The normalized spacial score (nSPS) is 11.1. The third kappa shape index (κ3) is 2.22. The van der Waals surface area contributed by atoms with E-state index < -0.39 is 0 Å². The van der Waals surface area contributed by atoms with Crippen LogP contribution in [-0.4, -0.2) is 9.55 Å². The van der Waals surface area contributed by atoms with Crippen molar-refractivity contribution in [3.63, 3.8) is 0 Å². The second kappa shape index (κ2) is 4.67. The van der Waals surface area contributed by atoms with Crippen molar-refractivity contribution in [2.24, 2.45) is 0 Å². The van der Waals surface area contributed by atoms with E-state index >= 15 is 0 Å². The largest absolute Gasteiger partial charge is 0.324 e. The molecule has 0 amide bonds. The van der Waals surface area contributed by atoms with Crippen LogP contribution in [0.3, 0.4) is 0 Å². The number of para-hydroxylation sites is 2. The van der Waals surface area contributed by atoms with Gasteiger partial charge in [0, 0.05) is 10.6 Å². The average Bonchev–Trinajstić information content (AvgIpc) is 2.71. The number of fused-ring (bicyclic) bond motifs is 1. The summed E-state index contributed by atoms with van der Waals surface area (Å²) in [5.74, 6) is 0.613. The third-order valence-corrected chi connectivity index (χ3v) is 3.42. The van der Waals surface area contributed by atoms with Gasteiger partial charge in [-0.2, -0.15) is 0 Å². The van der Waals surface area contributed by atoms with Crippen LogP contribution in [-0.2, 0) is 6.54 Å². The molecule has 0 saturated heterocycles. The summed E-state index contributed by atoms with van der Waals surface area (Å²) in [5.41, 5.74) is 2.49. The van der Waals surface area contributed by atoms with Gasteiger partial charge in [0.15, 0.2) is 0 Å². The van der Waals surface area contributed by atoms with Gasteiger partial charge in [0.25, 0.3) is 0 Å². The number of nitrogens with zero attached hydrogens (tertiary/aromatic N) is 2. The van der Waals surface area contributed by atoms with Gasteiger partial charge in [0.2, 0.25) is 0 Å². The summed E-state index contributed by atoms with van der Waals surface area (Å²) in [6.07, 6.45) is 0. The highest BCUT2D eigenvalue weighted by atomic mass is 35.5. The molecule has 0 N–H and O–H groups in total. The van der Waals surface area contributed by atoms with Gasteiger partial charge in [-0.05, 0) is 37.3 Å². The molecule has 96 valence electrons. The Labute approximate surface area is 115 Å². The van der Waals surface area contributed by atoms with Crippen molar-refractivity contribution in [1.82, 2.24) is 9.55 Å². The van der Waals surface area contributed by atoms with Gasteiger partial charge in [0.05, 0.1) is 17.6 Å². The maximum Gasteiger partial charge on any atom is 0.128 e. The third-order valence-electron chi connectivity index (χ3n) is 3.18. The first kappa shape index (κ1) is 12.2. The predicted molar refractivity (Wildman–Crippen MR) is 75.0 cm³/mol. The van der Waals surface area contributed by atoms with Gasteiger partial charge in [-0.15, -0.1) is 0 Å². The maximum atomic E-state index is 13.8. The molecule has 4 heteroatoms. The van der Waals surface area contributed by atoms with Crippen LogP contribution in [0.2, 0.25) is 5.02 Å². The Morgan fingerprint density at radius 2 is 2.00 bits per heavy atom. The highest BCUT2D eigenvalue weighted by Crippen LogP contribution is 2.20. The molecule has 0 atom stereocenters. The zero-order valence-electron chi connectivity index (χ0n) is 10.4. The van der Waals surface area contributed by atoms with Gasteiger partial charge in [0.1, 0.15) is 11.6 Å². The van der Waals surface area contributed by atoms with Crippen LogP contribution in [0.1, 0.15) is 11.4 Å². The standard InChI is InChI=1S/C15H12ClFN2/c1-10-18-14-4-2-3-5-15(14)19(10)9-11-8-12(16)6-7-13(11)17/h2-8H,9H2,1H3. The zero-order chi connectivity index (χ0) is 13.4. The van der Waals surface area contributed by atoms with Gasteiger partial charge in [-0.3, -0.25) is 0 Å². The fourth-order valence-corrected chi connectivity index (χ4v) is 2.43. The molecule has 0 fully saturated rings. The molecule has 1 heterocycles. The van der Waals surface area contributed by atoms with E-state index in [1.165, 1.54) is 6.07 Å². The van der Waals surface area contributed by atoms with Crippen LogP contribution in [0.15, 0.2) is 42.5 Å². The molecule has 0 saturated carbocycles.